The summed E-state index contributed by atoms with van der Waals surface area (Å²) >= 11 is 0. The fraction of sp³-hybridized carbons (Fsp3) is 0.476. The van der Waals surface area contributed by atoms with Crippen molar-refractivity contribution in [3.05, 3.63) is 35.3 Å². The number of amides is 1. The number of benzene rings is 1. The Labute approximate surface area is 178 Å². The molecule has 2 aromatic rings. The van der Waals surface area contributed by atoms with Gasteiger partial charge in [-0.05, 0) is 57.5 Å². The molecule has 30 heavy (non-hydrogen) atoms. The maximum atomic E-state index is 14.3. The standard InChI is InChI=1S/C21H28FN5O2S/c1-4-30-20-15(11-23-30)17(8-7-16(20)22)25-19-10-18(26-27-19)13-5-6-14(9-13)29-21(28)24-12(2)3/h4,7-8,10,12-14,23H,5-6,9,11H2,1-3H3,(H,24,28)(H2,25,26,27)/t13-,14+,30?/m0/s1. The molecule has 0 radical (unpaired) electrons. The van der Waals surface area contributed by atoms with Crippen LogP contribution in [0.2, 0.25) is 0 Å². The molecular weight excluding hydrogens is 405 g/mol. The van der Waals surface area contributed by atoms with Gasteiger partial charge in [0.05, 0.1) is 4.90 Å². The number of H-pyrrole nitrogens is 1. The van der Waals surface area contributed by atoms with Crippen LogP contribution >= 0.6 is 10.7 Å². The first-order chi connectivity index (χ1) is 14.4. The number of carbonyl (C=O) groups excluding carboxylic acids is 1. The van der Waals surface area contributed by atoms with E-state index in [-0.39, 0.29) is 40.6 Å². The molecule has 1 amide bonds. The van der Waals surface area contributed by atoms with Crippen molar-refractivity contribution < 1.29 is 13.9 Å². The van der Waals surface area contributed by atoms with Gasteiger partial charge in [0.25, 0.3) is 0 Å². The van der Waals surface area contributed by atoms with Crippen LogP contribution in [0.1, 0.15) is 57.2 Å². The number of anilines is 2. The molecule has 3 atom stereocenters. The summed E-state index contributed by atoms with van der Waals surface area (Å²) in [6.45, 7) is 6.38. The number of halogens is 1. The van der Waals surface area contributed by atoms with Gasteiger partial charge in [0, 0.05) is 41.5 Å². The van der Waals surface area contributed by atoms with Crippen molar-refractivity contribution in [2.45, 2.75) is 69.5 Å². The second-order valence-electron chi connectivity index (χ2n) is 7.97. The number of ether oxygens (including phenoxy) is 1. The van der Waals surface area contributed by atoms with Gasteiger partial charge in [0.2, 0.25) is 0 Å². The summed E-state index contributed by atoms with van der Waals surface area (Å²) in [6, 6.07) is 5.32. The Bertz CT molecular complexity index is 974. The summed E-state index contributed by atoms with van der Waals surface area (Å²) in [5, 5.41) is 15.6. The highest BCUT2D eigenvalue weighted by Gasteiger charge is 2.30. The minimum atomic E-state index is -0.364. The van der Waals surface area contributed by atoms with Gasteiger partial charge in [-0.3, -0.25) is 9.82 Å². The maximum Gasteiger partial charge on any atom is 0.407 e. The first-order valence-corrected chi connectivity index (χ1v) is 11.6. The number of rotatable bonds is 5. The minimum Gasteiger partial charge on any atom is -0.446 e. The molecular formula is C21H28FN5O2S. The SMILES string of the molecule is C/C=S1\NCc2c(Nc3cc([C@H]4CC[C@@H](OC(=O)NC(C)C)C4)[nH]n3)ccc(F)c21. The summed E-state index contributed by atoms with van der Waals surface area (Å²) in [6.07, 6.45) is 2.11. The number of aromatic amines is 1. The molecule has 4 N–H and O–H groups in total. The zero-order valence-electron chi connectivity index (χ0n) is 17.4. The van der Waals surface area contributed by atoms with Crippen LogP contribution in [0, 0.1) is 5.82 Å². The number of nitrogens with zero attached hydrogens (tertiary/aromatic N) is 1. The minimum absolute atomic E-state index is 0.0603. The molecule has 1 aromatic carbocycles. The van der Waals surface area contributed by atoms with E-state index in [9.17, 15) is 9.18 Å². The molecule has 1 saturated carbocycles. The quantitative estimate of drug-likeness (QED) is 0.520. The number of hydrogen-bond donors (Lipinski definition) is 4. The predicted molar refractivity (Wildman–Crippen MR) is 118 cm³/mol. The van der Waals surface area contributed by atoms with Gasteiger partial charge >= 0.3 is 6.09 Å². The zero-order valence-corrected chi connectivity index (χ0v) is 18.2. The van der Waals surface area contributed by atoms with Crippen molar-refractivity contribution in [3.63, 3.8) is 0 Å². The van der Waals surface area contributed by atoms with Crippen molar-refractivity contribution in [2.24, 2.45) is 0 Å². The van der Waals surface area contributed by atoms with Crippen LogP contribution in [0.5, 0.6) is 0 Å². The van der Waals surface area contributed by atoms with Gasteiger partial charge in [-0.2, -0.15) is 5.10 Å². The molecule has 1 aliphatic carbocycles. The number of aromatic nitrogens is 2. The molecule has 1 aromatic heterocycles. The van der Waals surface area contributed by atoms with Crippen LogP contribution in [0.25, 0.3) is 0 Å². The Morgan fingerprint density at radius 3 is 3.00 bits per heavy atom. The lowest BCUT2D eigenvalue weighted by Gasteiger charge is -2.14. The lowest BCUT2D eigenvalue weighted by molar-refractivity contribution is 0.0981. The highest BCUT2D eigenvalue weighted by atomic mass is 32.2. The Balaban J connectivity index is 1.42. The molecule has 9 heteroatoms. The largest absolute Gasteiger partial charge is 0.446 e. The molecule has 1 aliphatic heterocycles. The van der Waals surface area contributed by atoms with Gasteiger partial charge in [-0.1, -0.05) is 10.7 Å². The van der Waals surface area contributed by atoms with E-state index in [1.807, 2.05) is 32.2 Å². The van der Waals surface area contributed by atoms with Crippen molar-refractivity contribution in [1.29, 1.82) is 0 Å². The summed E-state index contributed by atoms with van der Waals surface area (Å²) in [7, 11) is -0.364. The normalized spacial score (nSPS) is 23.0. The molecule has 162 valence electrons. The predicted octanol–water partition coefficient (Wildman–Crippen LogP) is 4.53. The summed E-state index contributed by atoms with van der Waals surface area (Å²) in [4.78, 5) is 12.6. The van der Waals surface area contributed by atoms with Crippen molar-refractivity contribution >= 4 is 33.6 Å². The van der Waals surface area contributed by atoms with E-state index in [2.05, 4.69) is 25.6 Å². The summed E-state index contributed by atoms with van der Waals surface area (Å²) in [5.74, 6) is 0.794. The summed E-state index contributed by atoms with van der Waals surface area (Å²) < 4.78 is 23.2. The molecule has 0 saturated heterocycles. The zero-order chi connectivity index (χ0) is 21.3. The summed E-state index contributed by atoms with van der Waals surface area (Å²) in [5.41, 5.74) is 2.84. The van der Waals surface area contributed by atoms with Crippen LogP contribution in [0.4, 0.5) is 20.7 Å². The van der Waals surface area contributed by atoms with Crippen LogP contribution in [-0.2, 0) is 11.3 Å². The van der Waals surface area contributed by atoms with Crippen LogP contribution in [0.15, 0.2) is 23.1 Å². The average Bonchev–Trinajstić information content (AvgIpc) is 3.42. The molecule has 0 spiro atoms. The monoisotopic (exact) mass is 433 g/mol. The van der Waals surface area contributed by atoms with Gasteiger partial charge in [0.15, 0.2) is 5.82 Å². The number of nitrogens with one attached hydrogen (secondary N) is 4. The molecule has 1 fully saturated rings. The molecule has 4 rings (SSSR count). The van der Waals surface area contributed by atoms with E-state index in [1.165, 1.54) is 6.07 Å². The number of carbonyl (C=O) groups is 1. The Hall–Kier alpha value is -2.39. The molecule has 2 heterocycles. The molecule has 1 unspecified atom stereocenters. The van der Waals surface area contributed by atoms with Crippen LogP contribution in [-0.4, -0.2) is 33.8 Å². The Morgan fingerprint density at radius 1 is 1.40 bits per heavy atom. The third-order valence-electron chi connectivity index (χ3n) is 5.44. The van der Waals surface area contributed by atoms with Crippen LogP contribution in [0.3, 0.4) is 0 Å². The molecule has 0 bridgehead atoms. The fourth-order valence-corrected chi connectivity index (χ4v) is 5.62. The van der Waals surface area contributed by atoms with Gasteiger partial charge in [-0.15, -0.1) is 0 Å². The lowest BCUT2D eigenvalue weighted by atomic mass is 10.0. The number of fused-ring (bicyclic) bond motifs is 1. The van der Waals surface area contributed by atoms with Crippen molar-refractivity contribution in [3.8, 4) is 0 Å². The lowest BCUT2D eigenvalue weighted by Crippen LogP contribution is -2.33. The molecule has 2 aliphatic rings. The van der Waals surface area contributed by atoms with Crippen LogP contribution < -0.4 is 15.4 Å². The topological polar surface area (TPSA) is 91.1 Å². The third kappa shape index (κ3) is 4.37. The highest BCUT2D eigenvalue weighted by Crippen LogP contribution is 2.40. The maximum absolute atomic E-state index is 14.3. The first-order valence-electron chi connectivity index (χ1n) is 10.3. The average molecular weight is 434 g/mol. The smallest absolute Gasteiger partial charge is 0.407 e. The van der Waals surface area contributed by atoms with E-state index in [0.717, 1.165) is 41.1 Å². The van der Waals surface area contributed by atoms with Crippen molar-refractivity contribution in [2.75, 3.05) is 5.32 Å². The second kappa shape index (κ2) is 8.77. The Morgan fingerprint density at radius 2 is 2.23 bits per heavy atom. The second-order valence-corrected chi connectivity index (χ2v) is 9.81. The van der Waals surface area contributed by atoms with E-state index in [0.29, 0.717) is 12.4 Å². The first kappa shape index (κ1) is 20.9. The van der Waals surface area contributed by atoms with Gasteiger partial charge in [0.1, 0.15) is 11.9 Å². The van der Waals surface area contributed by atoms with E-state index in [4.69, 9.17) is 4.74 Å². The number of hydrogen-bond acceptors (Lipinski definition) is 5. The van der Waals surface area contributed by atoms with E-state index >= 15 is 0 Å². The Kier molecular flexibility index (Phi) is 6.10. The van der Waals surface area contributed by atoms with Gasteiger partial charge < -0.3 is 15.4 Å². The fourth-order valence-electron chi connectivity index (χ4n) is 4.05. The van der Waals surface area contributed by atoms with E-state index < -0.39 is 0 Å². The molecule has 7 nitrogen and oxygen atoms in total. The van der Waals surface area contributed by atoms with E-state index in [1.54, 1.807) is 6.07 Å². The third-order valence-corrected chi connectivity index (χ3v) is 7.25. The highest BCUT2D eigenvalue weighted by molar-refractivity contribution is 8.13. The number of alkyl carbamates (subject to hydrolysis) is 1. The van der Waals surface area contributed by atoms with Crippen molar-refractivity contribution in [1.82, 2.24) is 20.2 Å². The van der Waals surface area contributed by atoms with Gasteiger partial charge in [-0.25, -0.2) is 9.18 Å².